The van der Waals surface area contributed by atoms with Crippen molar-refractivity contribution in [2.75, 3.05) is 62.0 Å². The summed E-state index contributed by atoms with van der Waals surface area (Å²) in [5, 5.41) is 4.03. The van der Waals surface area contributed by atoms with Crippen molar-refractivity contribution in [3.05, 3.63) is 54.2 Å². The molecule has 0 atom stereocenters. The van der Waals surface area contributed by atoms with Crippen LogP contribution in [0.3, 0.4) is 0 Å². The third-order valence-electron chi connectivity index (χ3n) is 6.25. The number of carbonyl (C=O) groups is 1. The number of nitrogens with zero attached hydrogens (tertiary/aromatic N) is 4. The minimum Gasteiger partial charge on any atom is -0.495 e. The molecule has 2 aliphatic rings. The van der Waals surface area contributed by atoms with Crippen LogP contribution < -0.4 is 19.9 Å². The second-order valence-corrected chi connectivity index (χ2v) is 8.15. The summed E-state index contributed by atoms with van der Waals surface area (Å²) in [6, 6.07) is 13.7. The molecule has 2 amide bonds. The van der Waals surface area contributed by atoms with Crippen molar-refractivity contribution in [3.63, 3.8) is 0 Å². The Morgan fingerprint density at radius 1 is 1.03 bits per heavy atom. The van der Waals surface area contributed by atoms with E-state index in [-0.39, 0.29) is 6.03 Å². The molecule has 160 valence electrons. The van der Waals surface area contributed by atoms with Crippen LogP contribution in [0.15, 0.2) is 48.7 Å². The molecule has 0 aliphatic carbocycles. The number of benzene rings is 2. The van der Waals surface area contributed by atoms with Crippen molar-refractivity contribution in [2.45, 2.75) is 6.42 Å². The summed E-state index contributed by atoms with van der Waals surface area (Å²) in [5.74, 6) is 0.880. The van der Waals surface area contributed by atoms with Gasteiger partial charge in [-0.2, -0.15) is 0 Å². The van der Waals surface area contributed by atoms with Crippen LogP contribution in [0, 0.1) is 0 Å². The van der Waals surface area contributed by atoms with Crippen molar-refractivity contribution < 1.29 is 9.53 Å². The summed E-state index contributed by atoms with van der Waals surface area (Å²) in [6.07, 6.45) is 2.58. The SMILES string of the molecule is COc1cc2c(cc1N1CCN(C)CC1)N(C(=O)Nc1cccc3ncccc13)CC2. The normalized spacial score (nSPS) is 16.5. The molecule has 2 aliphatic heterocycles. The van der Waals surface area contributed by atoms with Crippen molar-refractivity contribution in [2.24, 2.45) is 0 Å². The zero-order valence-corrected chi connectivity index (χ0v) is 18.0. The Hall–Kier alpha value is -3.32. The number of ether oxygens (including phenoxy) is 1. The Balaban J connectivity index is 1.44. The number of hydrogen-bond donors (Lipinski definition) is 1. The molecule has 0 radical (unpaired) electrons. The highest BCUT2D eigenvalue weighted by molar-refractivity contribution is 6.08. The summed E-state index contributed by atoms with van der Waals surface area (Å²) >= 11 is 0. The number of pyridine rings is 1. The Labute approximate surface area is 182 Å². The molecule has 3 aromatic rings. The number of amides is 2. The van der Waals surface area contributed by atoms with Gasteiger partial charge in [-0.25, -0.2) is 4.79 Å². The van der Waals surface area contributed by atoms with E-state index in [1.54, 1.807) is 13.3 Å². The molecule has 31 heavy (non-hydrogen) atoms. The van der Waals surface area contributed by atoms with Crippen LogP contribution in [0.4, 0.5) is 21.9 Å². The van der Waals surface area contributed by atoms with Crippen LogP contribution in [0.2, 0.25) is 0 Å². The first-order valence-corrected chi connectivity index (χ1v) is 10.7. The number of methoxy groups -OCH3 is 1. The van der Waals surface area contributed by atoms with E-state index < -0.39 is 0 Å². The Morgan fingerprint density at radius 2 is 1.87 bits per heavy atom. The summed E-state index contributed by atoms with van der Waals surface area (Å²) < 4.78 is 5.71. The molecule has 7 heteroatoms. The molecular weight excluding hydrogens is 390 g/mol. The predicted octanol–water partition coefficient (Wildman–Crippen LogP) is 3.59. The minimum absolute atomic E-state index is 0.121. The van der Waals surface area contributed by atoms with E-state index in [1.807, 2.05) is 35.2 Å². The van der Waals surface area contributed by atoms with Crippen LogP contribution in [-0.2, 0) is 6.42 Å². The van der Waals surface area contributed by atoms with Gasteiger partial charge in [-0.3, -0.25) is 9.88 Å². The van der Waals surface area contributed by atoms with Crippen LogP contribution in [0.25, 0.3) is 10.9 Å². The molecular formula is C24H27N5O2. The topological polar surface area (TPSA) is 60.9 Å². The molecule has 1 fully saturated rings. The average Bonchev–Trinajstić information content (AvgIpc) is 3.22. The van der Waals surface area contributed by atoms with Crippen molar-refractivity contribution in [1.82, 2.24) is 9.88 Å². The third kappa shape index (κ3) is 3.65. The molecule has 1 N–H and O–H groups in total. The highest BCUT2D eigenvalue weighted by Crippen LogP contribution is 2.40. The quantitative estimate of drug-likeness (QED) is 0.706. The number of nitrogens with one attached hydrogen (secondary N) is 1. The number of carbonyl (C=O) groups excluding carboxylic acids is 1. The van der Waals surface area contributed by atoms with Gasteiger partial charge in [0, 0.05) is 44.3 Å². The summed E-state index contributed by atoms with van der Waals surface area (Å²) in [7, 11) is 3.86. The fraction of sp³-hybridized carbons (Fsp3) is 0.333. The number of urea groups is 1. The average molecular weight is 418 g/mol. The minimum atomic E-state index is -0.121. The number of likely N-dealkylation sites (N-methyl/N-ethyl adjacent to an activating group) is 1. The van der Waals surface area contributed by atoms with Gasteiger partial charge in [0.15, 0.2) is 0 Å². The van der Waals surface area contributed by atoms with Gasteiger partial charge < -0.3 is 19.9 Å². The maximum Gasteiger partial charge on any atom is 0.326 e. The number of fused-ring (bicyclic) bond motifs is 2. The summed E-state index contributed by atoms with van der Waals surface area (Å²) in [5.41, 5.74) is 4.81. The smallest absolute Gasteiger partial charge is 0.326 e. The van der Waals surface area contributed by atoms with E-state index in [0.29, 0.717) is 6.54 Å². The molecule has 0 saturated carbocycles. The van der Waals surface area contributed by atoms with Crippen LogP contribution >= 0.6 is 0 Å². The van der Waals surface area contributed by atoms with E-state index in [2.05, 4.69) is 39.3 Å². The summed E-state index contributed by atoms with van der Waals surface area (Å²) in [6.45, 7) is 4.57. The first-order valence-electron chi connectivity index (χ1n) is 10.7. The van der Waals surface area contributed by atoms with Gasteiger partial charge in [0.05, 0.1) is 29.7 Å². The van der Waals surface area contributed by atoms with Gasteiger partial charge in [0.1, 0.15) is 5.75 Å². The Morgan fingerprint density at radius 3 is 2.68 bits per heavy atom. The van der Waals surface area contributed by atoms with Crippen molar-refractivity contribution in [1.29, 1.82) is 0 Å². The van der Waals surface area contributed by atoms with Gasteiger partial charge >= 0.3 is 6.03 Å². The molecule has 1 aromatic heterocycles. The van der Waals surface area contributed by atoms with Crippen molar-refractivity contribution in [3.8, 4) is 5.75 Å². The zero-order valence-electron chi connectivity index (χ0n) is 18.0. The van der Waals surface area contributed by atoms with E-state index in [4.69, 9.17) is 4.74 Å². The van der Waals surface area contributed by atoms with E-state index in [9.17, 15) is 4.79 Å². The second-order valence-electron chi connectivity index (χ2n) is 8.15. The number of hydrogen-bond acceptors (Lipinski definition) is 5. The highest BCUT2D eigenvalue weighted by atomic mass is 16.5. The van der Waals surface area contributed by atoms with Crippen LogP contribution in [0.5, 0.6) is 5.75 Å². The lowest BCUT2D eigenvalue weighted by Gasteiger charge is -2.35. The molecule has 3 heterocycles. The zero-order chi connectivity index (χ0) is 21.4. The van der Waals surface area contributed by atoms with Gasteiger partial charge in [-0.15, -0.1) is 0 Å². The monoisotopic (exact) mass is 417 g/mol. The van der Waals surface area contributed by atoms with E-state index >= 15 is 0 Å². The van der Waals surface area contributed by atoms with Crippen LogP contribution in [-0.4, -0.2) is 62.8 Å². The molecule has 0 unspecified atom stereocenters. The summed E-state index contributed by atoms with van der Waals surface area (Å²) in [4.78, 5) is 24.1. The lowest BCUT2D eigenvalue weighted by molar-refractivity contribution is 0.257. The van der Waals surface area contributed by atoms with Gasteiger partial charge in [-0.1, -0.05) is 6.07 Å². The largest absolute Gasteiger partial charge is 0.495 e. The van der Waals surface area contributed by atoms with E-state index in [1.165, 1.54) is 0 Å². The standard InChI is InChI=1S/C24H27N5O2/c1-27-11-13-28(14-12-27)22-16-21-17(15-23(22)31-2)8-10-29(21)24(30)26-20-7-3-6-19-18(20)5-4-9-25-19/h3-7,9,15-16H,8,10-14H2,1-2H3,(H,26,30). The third-order valence-corrected chi connectivity index (χ3v) is 6.25. The predicted molar refractivity (Wildman–Crippen MR) is 125 cm³/mol. The molecule has 5 rings (SSSR count). The fourth-order valence-corrected chi connectivity index (χ4v) is 4.47. The Bertz CT molecular complexity index is 1120. The van der Waals surface area contributed by atoms with E-state index in [0.717, 1.165) is 71.9 Å². The lowest BCUT2D eigenvalue weighted by Crippen LogP contribution is -2.44. The number of piperazine rings is 1. The second kappa shape index (κ2) is 8.07. The van der Waals surface area contributed by atoms with Gasteiger partial charge in [-0.05, 0) is 55.4 Å². The fourth-order valence-electron chi connectivity index (χ4n) is 4.47. The van der Waals surface area contributed by atoms with Gasteiger partial charge in [0.25, 0.3) is 0 Å². The van der Waals surface area contributed by atoms with Crippen LogP contribution in [0.1, 0.15) is 5.56 Å². The molecule has 1 saturated heterocycles. The Kier molecular flexibility index (Phi) is 5.11. The number of aromatic nitrogens is 1. The number of rotatable bonds is 3. The molecule has 2 aromatic carbocycles. The molecule has 0 bridgehead atoms. The molecule has 0 spiro atoms. The van der Waals surface area contributed by atoms with Gasteiger partial charge in [0.2, 0.25) is 0 Å². The highest BCUT2D eigenvalue weighted by Gasteiger charge is 2.29. The maximum absolute atomic E-state index is 13.2. The number of anilines is 3. The lowest BCUT2D eigenvalue weighted by atomic mass is 10.1. The first kappa shape index (κ1) is 19.6. The first-order chi connectivity index (χ1) is 15.1. The molecule has 7 nitrogen and oxygen atoms in total. The maximum atomic E-state index is 13.2. The van der Waals surface area contributed by atoms with Crippen molar-refractivity contribution >= 4 is 34.0 Å².